The molecule has 5 nitrogen and oxygen atoms in total. The van der Waals surface area contributed by atoms with Crippen molar-refractivity contribution < 1.29 is 26.4 Å². The molecule has 0 aliphatic heterocycles. The molecular weight excluding hydrogens is 441 g/mol. The lowest BCUT2D eigenvalue weighted by Crippen LogP contribution is -2.38. The maximum atomic E-state index is 13.4. The van der Waals surface area contributed by atoms with Crippen LogP contribution in [-0.2, 0) is 21.0 Å². The van der Waals surface area contributed by atoms with Crippen molar-refractivity contribution in [3.8, 4) is 0 Å². The molecule has 1 N–H and O–H groups in total. The molecule has 3 aromatic rings. The molecule has 0 atom stereocenters. The number of benzene rings is 3. The van der Waals surface area contributed by atoms with Crippen LogP contribution in [0.5, 0.6) is 0 Å². The summed E-state index contributed by atoms with van der Waals surface area (Å²) in [7, 11) is -4.17. The van der Waals surface area contributed by atoms with Gasteiger partial charge >= 0.3 is 6.18 Å². The largest absolute Gasteiger partial charge is 0.418 e. The average Bonchev–Trinajstić information content (AvgIpc) is 2.74. The molecule has 168 valence electrons. The van der Waals surface area contributed by atoms with E-state index in [9.17, 15) is 26.4 Å². The molecule has 0 aliphatic carbocycles. The number of aryl methyl sites for hydroxylation is 1. The molecule has 0 bridgehead atoms. The molecule has 9 heteroatoms. The maximum absolute atomic E-state index is 13.4. The van der Waals surface area contributed by atoms with Crippen LogP contribution in [0.2, 0.25) is 0 Å². The summed E-state index contributed by atoms with van der Waals surface area (Å²) in [6.45, 7) is 2.81. The minimum atomic E-state index is -4.67. The Morgan fingerprint density at radius 3 is 2.19 bits per heavy atom. The number of sulfonamides is 1. The molecule has 0 saturated carbocycles. The number of halogens is 3. The van der Waals surface area contributed by atoms with Gasteiger partial charge in [-0.25, -0.2) is 8.42 Å². The third-order valence-electron chi connectivity index (χ3n) is 4.97. The van der Waals surface area contributed by atoms with Gasteiger partial charge in [0.15, 0.2) is 0 Å². The first kappa shape index (κ1) is 23.3. The highest BCUT2D eigenvalue weighted by atomic mass is 32.2. The second-order valence-corrected chi connectivity index (χ2v) is 9.00. The SMILES string of the molecule is Cc1cccc(N(CC(=O)Nc2ccccc2C(F)(F)F)S(=O)(=O)c2ccccc2)c1C. The van der Waals surface area contributed by atoms with E-state index in [2.05, 4.69) is 5.32 Å². The zero-order chi connectivity index (χ0) is 23.5. The lowest BCUT2D eigenvalue weighted by atomic mass is 10.1. The van der Waals surface area contributed by atoms with Gasteiger partial charge in [-0.05, 0) is 55.3 Å². The van der Waals surface area contributed by atoms with E-state index in [1.54, 1.807) is 50.2 Å². The summed E-state index contributed by atoms with van der Waals surface area (Å²) in [4.78, 5) is 12.7. The first-order valence-corrected chi connectivity index (χ1v) is 11.1. The van der Waals surface area contributed by atoms with Crippen LogP contribution in [0.1, 0.15) is 16.7 Å². The van der Waals surface area contributed by atoms with Gasteiger partial charge in [-0.2, -0.15) is 13.2 Å². The number of amides is 1. The van der Waals surface area contributed by atoms with Crippen molar-refractivity contribution in [2.24, 2.45) is 0 Å². The van der Waals surface area contributed by atoms with E-state index < -0.39 is 39.9 Å². The van der Waals surface area contributed by atoms with Crippen LogP contribution in [0.25, 0.3) is 0 Å². The Labute approximate surface area is 184 Å². The molecule has 3 aromatic carbocycles. The summed E-state index contributed by atoms with van der Waals surface area (Å²) in [5.74, 6) is -0.901. The van der Waals surface area contributed by atoms with Crippen LogP contribution < -0.4 is 9.62 Å². The Kier molecular flexibility index (Phi) is 6.59. The number of hydrogen-bond acceptors (Lipinski definition) is 3. The standard InChI is InChI=1S/C23H21F3N2O3S/c1-16-9-8-14-21(17(16)2)28(32(30,31)18-10-4-3-5-11-18)15-22(29)27-20-13-7-6-12-19(20)23(24,25)26/h3-14H,15H2,1-2H3,(H,27,29). The fraction of sp³-hybridized carbons (Fsp3) is 0.174. The highest BCUT2D eigenvalue weighted by Crippen LogP contribution is 2.35. The van der Waals surface area contributed by atoms with Gasteiger partial charge in [-0.3, -0.25) is 9.10 Å². The van der Waals surface area contributed by atoms with E-state index in [-0.39, 0.29) is 10.6 Å². The zero-order valence-electron chi connectivity index (χ0n) is 17.3. The predicted octanol–water partition coefficient (Wildman–Crippen LogP) is 5.16. The van der Waals surface area contributed by atoms with Gasteiger partial charge in [0.1, 0.15) is 6.54 Å². The Hall–Kier alpha value is -3.33. The minimum Gasteiger partial charge on any atom is -0.324 e. The molecule has 32 heavy (non-hydrogen) atoms. The smallest absolute Gasteiger partial charge is 0.324 e. The number of alkyl halides is 3. The summed E-state index contributed by atoms with van der Waals surface area (Å²) < 4.78 is 67.5. The minimum absolute atomic E-state index is 0.0376. The number of nitrogens with one attached hydrogen (secondary N) is 1. The van der Waals surface area contributed by atoms with E-state index >= 15 is 0 Å². The molecule has 0 aromatic heterocycles. The number of rotatable bonds is 6. The first-order valence-electron chi connectivity index (χ1n) is 9.62. The van der Waals surface area contributed by atoms with Gasteiger partial charge in [-0.1, -0.05) is 42.5 Å². The fourth-order valence-corrected chi connectivity index (χ4v) is 4.68. The van der Waals surface area contributed by atoms with E-state index in [0.29, 0.717) is 5.56 Å². The van der Waals surface area contributed by atoms with Gasteiger partial charge in [0.05, 0.1) is 21.8 Å². The fourth-order valence-electron chi connectivity index (χ4n) is 3.18. The van der Waals surface area contributed by atoms with Crippen molar-refractivity contribution >= 4 is 27.3 Å². The highest BCUT2D eigenvalue weighted by molar-refractivity contribution is 7.92. The van der Waals surface area contributed by atoms with Crippen molar-refractivity contribution in [2.75, 3.05) is 16.2 Å². The molecule has 1 amide bonds. The molecule has 0 spiro atoms. The molecule has 0 aliphatic rings. The van der Waals surface area contributed by atoms with Gasteiger partial charge in [0.25, 0.3) is 10.0 Å². The Bertz CT molecular complexity index is 1230. The average molecular weight is 462 g/mol. The third-order valence-corrected chi connectivity index (χ3v) is 6.74. The van der Waals surface area contributed by atoms with Gasteiger partial charge in [0, 0.05) is 0 Å². The van der Waals surface area contributed by atoms with E-state index in [0.717, 1.165) is 22.0 Å². The lowest BCUT2D eigenvalue weighted by Gasteiger charge is -2.26. The molecule has 0 fully saturated rings. The van der Waals surface area contributed by atoms with E-state index in [4.69, 9.17) is 0 Å². The summed E-state index contributed by atoms with van der Waals surface area (Å²) in [6.07, 6.45) is -4.67. The molecule has 0 radical (unpaired) electrons. The van der Waals surface area contributed by atoms with Crippen LogP contribution in [0.4, 0.5) is 24.5 Å². The maximum Gasteiger partial charge on any atom is 0.418 e. The van der Waals surface area contributed by atoms with Gasteiger partial charge < -0.3 is 5.32 Å². The number of hydrogen-bond donors (Lipinski definition) is 1. The van der Waals surface area contributed by atoms with Gasteiger partial charge in [0.2, 0.25) is 5.91 Å². The van der Waals surface area contributed by atoms with E-state index in [1.807, 2.05) is 0 Å². The van der Waals surface area contributed by atoms with Crippen LogP contribution >= 0.6 is 0 Å². The quantitative estimate of drug-likeness (QED) is 0.551. The van der Waals surface area contributed by atoms with Crippen LogP contribution in [0.3, 0.4) is 0 Å². The normalized spacial score (nSPS) is 11.8. The predicted molar refractivity (Wildman–Crippen MR) is 117 cm³/mol. The van der Waals surface area contributed by atoms with Crippen molar-refractivity contribution in [1.82, 2.24) is 0 Å². The molecule has 0 saturated heterocycles. The number of carbonyl (C=O) groups excluding carboxylic acids is 1. The molecular formula is C23H21F3N2O3S. The third kappa shape index (κ3) is 4.94. The monoisotopic (exact) mass is 462 g/mol. The highest BCUT2D eigenvalue weighted by Gasteiger charge is 2.34. The summed E-state index contributed by atoms with van der Waals surface area (Å²) in [5, 5.41) is 2.21. The van der Waals surface area contributed by atoms with Crippen molar-refractivity contribution in [3.63, 3.8) is 0 Å². The summed E-state index contributed by atoms with van der Waals surface area (Å²) in [5.41, 5.74) is 0.253. The second-order valence-electron chi connectivity index (χ2n) is 7.14. The van der Waals surface area contributed by atoms with Crippen LogP contribution in [0.15, 0.2) is 77.7 Å². The number of anilines is 2. The summed E-state index contributed by atoms with van der Waals surface area (Å²) >= 11 is 0. The molecule has 3 rings (SSSR count). The van der Waals surface area contributed by atoms with Crippen LogP contribution in [-0.4, -0.2) is 20.9 Å². The Morgan fingerprint density at radius 2 is 1.53 bits per heavy atom. The van der Waals surface area contributed by atoms with E-state index in [1.165, 1.54) is 24.3 Å². The number of para-hydroxylation sites is 1. The summed E-state index contributed by atoms with van der Waals surface area (Å²) in [6, 6.07) is 17.1. The zero-order valence-corrected chi connectivity index (χ0v) is 18.2. The molecule has 0 unspecified atom stereocenters. The van der Waals surface area contributed by atoms with Crippen LogP contribution in [0, 0.1) is 13.8 Å². The van der Waals surface area contributed by atoms with Gasteiger partial charge in [-0.15, -0.1) is 0 Å². The first-order chi connectivity index (χ1) is 15.0. The lowest BCUT2D eigenvalue weighted by molar-refractivity contribution is -0.137. The second kappa shape index (κ2) is 9.04. The van der Waals surface area contributed by atoms with Crippen molar-refractivity contribution in [3.05, 3.63) is 89.5 Å². The van der Waals surface area contributed by atoms with Crippen molar-refractivity contribution in [2.45, 2.75) is 24.9 Å². The van der Waals surface area contributed by atoms with Crippen molar-refractivity contribution in [1.29, 1.82) is 0 Å². The Balaban J connectivity index is 2.01. The molecule has 0 heterocycles. The topological polar surface area (TPSA) is 66.5 Å². The number of nitrogens with zero attached hydrogens (tertiary/aromatic N) is 1. The Morgan fingerprint density at radius 1 is 0.906 bits per heavy atom. The number of carbonyl (C=O) groups is 1.